The molecule has 0 saturated carbocycles. The Morgan fingerprint density at radius 2 is 0.825 bits per heavy atom. The van der Waals surface area contributed by atoms with E-state index in [9.17, 15) is 19.8 Å². The summed E-state index contributed by atoms with van der Waals surface area (Å²) in [6.07, 6.45) is 55.7. The number of rotatable bonds is 45. The number of hydrogen-bond donors (Lipinski definition) is 3. The molecule has 0 aromatic rings. The Hall–Kier alpha value is -1.92. The lowest BCUT2D eigenvalue weighted by Crippen LogP contribution is -2.45. The van der Waals surface area contributed by atoms with Gasteiger partial charge in [-0.15, -0.1) is 0 Å². The van der Waals surface area contributed by atoms with E-state index in [4.69, 9.17) is 4.74 Å². The van der Waals surface area contributed by atoms with E-state index in [1.165, 1.54) is 167 Å². The molecule has 2 unspecified atom stereocenters. The first-order chi connectivity index (χ1) is 28.0. The van der Waals surface area contributed by atoms with E-state index in [2.05, 4.69) is 43.5 Å². The highest BCUT2D eigenvalue weighted by Crippen LogP contribution is 2.14. The molecule has 334 valence electrons. The summed E-state index contributed by atoms with van der Waals surface area (Å²) in [4.78, 5) is 24.4. The summed E-state index contributed by atoms with van der Waals surface area (Å²) < 4.78 is 5.45. The molecule has 0 spiro atoms. The minimum absolute atomic E-state index is 0.0124. The van der Waals surface area contributed by atoms with Crippen LogP contribution in [0.2, 0.25) is 0 Å². The lowest BCUT2D eigenvalue weighted by Gasteiger charge is -2.20. The van der Waals surface area contributed by atoms with E-state index in [0.717, 1.165) is 57.8 Å². The van der Waals surface area contributed by atoms with Gasteiger partial charge in [0.15, 0.2) is 0 Å². The second-order valence-electron chi connectivity index (χ2n) is 16.8. The maximum Gasteiger partial charge on any atom is 0.305 e. The SMILES string of the molecule is CCCCCCC/C=C\CCCCCCCC(=O)OCCCCCCCC/C=C\CCCCCCCCCC(=O)NC(CO)C(O)/C=C/CCCCCCCCC. The van der Waals surface area contributed by atoms with E-state index in [1.54, 1.807) is 6.08 Å². The van der Waals surface area contributed by atoms with Crippen molar-refractivity contribution in [2.45, 2.75) is 264 Å². The van der Waals surface area contributed by atoms with Crippen molar-refractivity contribution in [3.8, 4) is 0 Å². The van der Waals surface area contributed by atoms with Gasteiger partial charge in [-0.25, -0.2) is 0 Å². The monoisotopic (exact) mass is 802 g/mol. The van der Waals surface area contributed by atoms with Gasteiger partial charge in [-0.2, -0.15) is 0 Å². The minimum atomic E-state index is -0.850. The van der Waals surface area contributed by atoms with Gasteiger partial charge < -0.3 is 20.3 Å². The van der Waals surface area contributed by atoms with Crippen LogP contribution in [0.5, 0.6) is 0 Å². The van der Waals surface area contributed by atoms with Gasteiger partial charge >= 0.3 is 5.97 Å². The van der Waals surface area contributed by atoms with Crippen LogP contribution in [0.25, 0.3) is 0 Å². The molecule has 0 aromatic carbocycles. The molecule has 0 fully saturated rings. The van der Waals surface area contributed by atoms with Crippen LogP contribution in [0.15, 0.2) is 36.5 Å². The highest BCUT2D eigenvalue weighted by atomic mass is 16.5. The molecule has 6 heteroatoms. The molecule has 3 N–H and O–H groups in total. The van der Waals surface area contributed by atoms with E-state index in [0.29, 0.717) is 19.4 Å². The summed E-state index contributed by atoms with van der Waals surface area (Å²) in [6.45, 7) is 4.83. The van der Waals surface area contributed by atoms with Crippen LogP contribution >= 0.6 is 0 Å². The van der Waals surface area contributed by atoms with Crippen LogP contribution < -0.4 is 5.32 Å². The van der Waals surface area contributed by atoms with Gasteiger partial charge in [-0.1, -0.05) is 192 Å². The van der Waals surface area contributed by atoms with Gasteiger partial charge in [0.1, 0.15) is 0 Å². The first kappa shape index (κ1) is 55.1. The summed E-state index contributed by atoms with van der Waals surface area (Å²) in [7, 11) is 0. The summed E-state index contributed by atoms with van der Waals surface area (Å²) in [5, 5.41) is 22.9. The van der Waals surface area contributed by atoms with Gasteiger partial charge in [0.2, 0.25) is 5.91 Å². The molecule has 57 heavy (non-hydrogen) atoms. The Labute approximate surface area is 353 Å². The van der Waals surface area contributed by atoms with Crippen molar-refractivity contribution in [3.63, 3.8) is 0 Å². The quantitative estimate of drug-likeness (QED) is 0.0324. The standard InChI is InChI=1S/C51H95NO5/c1-3-5-7-9-11-13-14-15-22-25-29-33-37-41-45-51(56)57-46-42-38-34-30-26-23-20-18-16-17-19-21-24-28-32-36-40-44-50(55)52-48(47-53)49(54)43-39-35-31-27-12-10-8-6-4-2/h14-16,18,39,43,48-49,53-54H,3-13,17,19-38,40-42,44-47H2,1-2H3,(H,52,55)/b15-14-,18-16-,43-39+. The molecule has 0 bridgehead atoms. The lowest BCUT2D eigenvalue weighted by atomic mass is 10.1. The number of allylic oxidation sites excluding steroid dienone is 5. The molecule has 0 aliphatic heterocycles. The number of aliphatic hydroxyl groups excluding tert-OH is 2. The fourth-order valence-corrected chi connectivity index (χ4v) is 7.27. The number of ether oxygens (including phenoxy) is 1. The molecule has 1 amide bonds. The zero-order valence-electron chi connectivity index (χ0n) is 37.8. The largest absolute Gasteiger partial charge is 0.466 e. The normalized spacial score (nSPS) is 13.0. The average Bonchev–Trinajstić information content (AvgIpc) is 3.21. The Morgan fingerprint density at radius 3 is 1.25 bits per heavy atom. The zero-order chi connectivity index (χ0) is 41.5. The van der Waals surface area contributed by atoms with Crippen molar-refractivity contribution in [1.82, 2.24) is 5.32 Å². The predicted octanol–water partition coefficient (Wildman–Crippen LogP) is 14.5. The average molecular weight is 802 g/mol. The van der Waals surface area contributed by atoms with Crippen LogP contribution in [0, 0.1) is 0 Å². The molecule has 0 aromatic heterocycles. The number of nitrogens with one attached hydrogen (secondary N) is 1. The molecule has 0 aliphatic carbocycles. The molecular formula is C51H95NO5. The first-order valence-electron chi connectivity index (χ1n) is 24.8. The van der Waals surface area contributed by atoms with Crippen LogP contribution in [0.3, 0.4) is 0 Å². The molecule has 0 heterocycles. The highest BCUT2D eigenvalue weighted by molar-refractivity contribution is 5.76. The third kappa shape index (κ3) is 43.5. The number of carbonyl (C=O) groups is 2. The Kier molecular flexibility index (Phi) is 45.2. The van der Waals surface area contributed by atoms with E-state index in [-0.39, 0.29) is 18.5 Å². The molecular weight excluding hydrogens is 707 g/mol. The number of hydrogen-bond acceptors (Lipinski definition) is 5. The van der Waals surface area contributed by atoms with Gasteiger partial charge in [0.05, 0.1) is 25.4 Å². The van der Waals surface area contributed by atoms with Crippen molar-refractivity contribution in [2.75, 3.05) is 13.2 Å². The van der Waals surface area contributed by atoms with Crippen LogP contribution in [0.1, 0.15) is 251 Å². The van der Waals surface area contributed by atoms with Crippen molar-refractivity contribution in [3.05, 3.63) is 36.5 Å². The lowest BCUT2D eigenvalue weighted by molar-refractivity contribution is -0.143. The fraction of sp³-hybridized carbons (Fsp3) is 0.843. The summed E-state index contributed by atoms with van der Waals surface area (Å²) in [5.74, 6) is -0.0966. The van der Waals surface area contributed by atoms with Crippen LogP contribution in [-0.2, 0) is 14.3 Å². The molecule has 2 atom stereocenters. The van der Waals surface area contributed by atoms with Gasteiger partial charge in [0.25, 0.3) is 0 Å². The van der Waals surface area contributed by atoms with Gasteiger partial charge in [0, 0.05) is 12.8 Å². The van der Waals surface area contributed by atoms with E-state index < -0.39 is 12.1 Å². The number of esters is 1. The van der Waals surface area contributed by atoms with Crippen molar-refractivity contribution >= 4 is 11.9 Å². The minimum Gasteiger partial charge on any atom is -0.466 e. The molecule has 0 saturated heterocycles. The predicted molar refractivity (Wildman–Crippen MR) is 246 cm³/mol. The molecule has 0 radical (unpaired) electrons. The Bertz CT molecular complexity index is 931. The number of unbranched alkanes of at least 4 members (excludes halogenated alkanes) is 30. The topological polar surface area (TPSA) is 95.9 Å². The number of aliphatic hydroxyl groups is 2. The smallest absolute Gasteiger partial charge is 0.305 e. The van der Waals surface area contributed by atoms with Crippen molar-refractivity contribution in [1.29, 1.82) is 0 Å². The van der Waals surface area contributed by atoms with Gasteiger partial charge in [-0.05, 0) is 83.5 Å². The van der Waals surface area contributed by atoms with E-state index in [1.807, 2.05) is 6.08 Å². The Balaban J connectivity index is 3.47. The number of amides is 1. The zero-order valence-corrected chi connectivity index (χ0v) is 37.8. The highest BCUT2D eigenvalue weighted by Gasteiger charge is 2.18. The summed E-state index contributed by atoms with van der Waals surface area (Å²) in [6, 6.07) is -0.635. The van der Waals surface area contributed by atoms with E-state index >= 15 is 0 Å². The Morgan fingerprint density at radius 1 is 0.474 bits per heavy atom. The third-order valence-electron chi connectivity index (χ3n) is 11.1. The maximum absolute atomic E-state index is 12.3. The second kappa shape index (κ2) is 46.8. The molecule has 0 rings (SSSR count). The fourth-order valence-electron chi connectivity index (χ4n) is 7.27. The number of carbonyl (C=O) groups excluding carboxylic acids is 2. The van der Waals surface area contributed by atoms with Crippen LogP contribution in [-0.4, -0.2) is 47.4 Å². The first-order valence-corrected chi connectivity index (χ1v) is 24.8. The summed E-state index contributed by atoms with van der Waals surface area (Å²) in [5.41, 5.74) is 0. The molecule has 6 nitrogen and oxygen atoms in total. The maximum atomic E-state index is 12.3. The third-order valence-corrected chi connectivity index (χ3v) is 11.1. The summed E-state index contributed by atoms with van der Waals surface area (Å²) >= 11 is 0. The van der Waals surface area contributed by atoms with Crippen LogP contribution in [0.4, 0.5) is 0 Å². The van der Waals surface area contributed by atoms with Crippen molar-refractivity contribution in [2.24, 2.45) is 0 Å². The van der Waals surface area contributed by atoms with Gasteiger partial charge in [-0.3, -0.25) is 9.59 Å². The molecule has 0 aliphatic rings. The van der Waals surface area contributed by atoms with Crippen molar-refractivity contribution < 1.29 is 24.5 Å². The second-order valence-corrected chi connectivity index (χ2v) is 16.8.